The molecule has 0 amide bonds. The Morgan fingerprint density at radius 1 is 0.311 bits per heavy atom. The van der Waals surface area contributed by atoms with Crippen LogP contribution in [0.3, 0.4) is 0 Å². The number of nitrogens with zero attached hydrogens (tertiary/aromatic N) is 4. The van der Waals surface area contributed by atoms with Gasteiger partial charge in [-0.3, -0.25) is 0 Å². The van der Waals surface area contributed by atoms with Crippen LogP contribution in [0.25, 0.3) is 21.8 Å². The molecule has 4 aliphatic heterocycles. The first kappa shape index (κ1) is 98.7. The molecule has 674 valence electrons. The van der Waals surface area contributed by atoms with E-state index in [9.17, 15) is 0 Å². The Labute approximate surface area is 753 Å². The number of benzene rings is 5. The van der Waals surface area contributed by atoms with Crippen LogP contribution in [0.4, 0.5) is 34.1 Å². The van der Waals surface area contributed by atoms with Crippen molar-refractivity contribution in [3.63, 3.8) is 0 Å². The zero-order valence-electron chi connectivity index (χ0n) is 84.8. The molecular weight excluding hydrogens is 1470 g/mol. The quantitative estimate of drug-likeness (QED) is 0.0275. The highest BCUT2D eigenvalue weighted by Crippen LogP contribution is 2.69. The molecule has 5 aromatic rings. The van der Waals surface area contributed by atoms with Crippen molar-refractivity contribution >= 4 is 45.5 Å². The van der Waals surface area contributed by atoms with Crippen LogP contribution in [0.5, 0.6) is 0 Å². The Balaban J connectivity index is 1.25. The van der Waals surface area contributed by atoms with Gasteiger partial charge in [0.2, 0.25) is 5.92 Å². The first-order valence-corrected chi connectivity index (χ1v) is 51.5. The van der Waals surface area contributed by atoms with E-state index in [1.54, 1.807) is 0 Å². The lowest BCUT2D eigenvalue weighted by atomic mass is 9.53. The second kappa shape index (κ2) is 40.9. The molecule has 4 heterocycles. The standard InChI is InChI=1S/C118H182N4/c1-30-36-42-48-54-60-70-109(10,11)85-76-87(111(14,15)72-62-56-50-44-38-32-3)100-89(78-85)115(22,23)93-81-95-106(98(104(93)119-100)113(18,19)74-64-58-52-46-40-34-5)121-102-91(117(95,26)27)80-92-103(97(102)83-66-68-84(69-67-83)108(7,8)9)122-107-96(118(92,28)29)82-94-105(99(107)114(20,21)75-65-59-53-47-41-35-6)120-101-88(112(16,17)73-63-57-51-45-39-33-4)77-86(79-90(101)116(94,24)25)110(12,13)71-61-55-49-43-37-31-2/h66-69,76-82H,30-65,70-75H2,1-29H3. The van der Waals surface area contributed by atoms with Gasteiger partial charge in [-0.1, -0.05) is 478 Å². The number of fused-ring (bicyclic) bond motifs is 8. The summed E-state index contributed by atoms with van der Waals surface area (Å²) in [6, 6.07) is 25.9. The van der Waals surface area contributed by atoms with E-state index in [-0.39, 0.29) is 48.7 Å². The monoisotopic (exact) mass is 1660 g/mol. The predicted octanol–water partition coefficient (Wildman–Crippen LogP) is 39.0. The molecule has 5 aromatic carbocycles. The summed E-state index contributed by atoms with van der Waals surface area (Å²) in [5, 5.41) is 13.1. The summed E-state index contributed by atoms with van der Waals surface area (Å²) in [6.07, 6.45) is 55.9. The van der Waals surface area contributed by atoms with Crippen molar-refractivity contribution in [3.8, 4) is 11.1 Å². The van der Waals surface area contributed by atoms with Crippen molar-refractivity contribution in [2.24, 2.45) is 15.4 Å². The first-order chi connectivity index (χ1) is 57.5. The average Bonchev–Trinajstić information content (AvgIpc) is 0.678. The van der Waals surface area contributed by atoms with Gasteiger partial charge in [-0.05, 0) is 152 Å². The Morgan fingerprint density at radius 3 is 1.10 bits per heavy atom. The summed E-state index contributed by atoms with van der Waals surface area (Å²) in [6.45, 7) is 72.8. The van der Waals surface area contributed by atoms with Crippen LogP contribution in [0.2, 0.25) is 0 Å². The summed E-state index contributed by atoms with van der Waals surface area (Å²) < 4.78 is 0. The van der Waals surface area contributed by atoms with E-state index in [4.69, 9.17) is 20.6 Å². The molecule has 0 saturated carbocycles. The van der Waals surface area contributed by atoms with Gasteiger partial charge >= 0.3 is 0 Å². The minimum Gasteiger partial charge on any atom is -0.657 e. The molecule has 0 fully saturated rings. The second-order valence-electron chi connectivity index (χ2n) is 47.2. The van der Waals surface area contributed by atoms with Crippen LogP contribution < -0.4 is 0 Å². The van der Waals surface area contributed by atoms with Crippen LogP contribution in [0, 0.1) is 17.3 Å². The highest BCUT2D eigenvalue weighted by molar-refractivity contribution is 6.37. The third-order valence-electron chi connectivity index (χ3n) is 31.7. The molecular formula is C118H182N4. The van der Waals surface area contributed by atoms with Crippen molar-refractivity contribution < 1.29 is 0 Å². The topological polar surface area (TPSA) is 52.9 Å². The molecule has 1 aliphatic carbocycles. The van der Waals surface area contributed by atoms with E-state index in [1.807, 2.05) is 0 Å². The van der Waals surface area contributed by atoms with Gasteiger partial charge in [-0.15, -0.1) is 22.7 Å². The predicted molar refractivity (Wildman–Crippen MR) is 541 cm³/mol. The van der Waals surface area contributed by atoms with Crippen molar-refractivity contribution in [1.29, 1.82) is 0 Å². The molecule has 10 rings (SSSR count). The fourth-order valence-corrected chi connectivity index (χ4v) is 22.4. The number of aliphatic imine (C=N–C) groups is 2. The molecule has 0 atom stereocenters. The van der Waals surface area contributed by atoms with Gasteiger partial charge in [0, 0.05) is 22.0 Å². The minimum absolute atomic E-state index is 0.000151. The molecule has 0 unspecified atom stereocenters. The van der Waals surface area contributed by atoms with Gasteiger partial charge < -0.3 is 10.6 Å². The minimum atomic E-state index is -0.495. The highest BCUT2D eigenvalue weighted by Gasteiger charge is 2.68. The van der Waals surface area contributed by atoms with Crippen LogP contribution >= 0.6 is 0 Å². The van der Waals surface area contributed by atoms with Crippen LogP contribution in [-0.4, -0.2) is 11.4 Å². The maximum absolute atomic E-state index is 6.60. The zero-order chi connectivity index (χ0) is 89.2. The fourth-order valence-electron chi connectivity index (χ4n) is 22.4. The lowest BCUT2D eigenvalue weighted by molar-refractivity contribution is 0.371. The third-order valence-corrected chi connectivity index (χ3v) is 31.7. The Hall–Kier alpha value is -5.48. The van der Waals surface area contributed by atoms with Gasteiger partial charge in [-0.2, -0.15) is 9.98 Å². The van der Waals surface area contributed by atoms with Crippen molar-refractivity contribution in [1.82, 2.24) is 0 Å². The normalized spacial score (nSPS) is 16.5. The molecule has 0 radical (unpaired) electrons. The van der Waals surface area contributed by atoms with Crippen LogP contribution in [0.15, 0.2) is 82.3 Å². The van der Waals surface area contributed by atoms with Crippen molar-refractivity contribution in [2.75, 3.05) is 0 Å². The lowest BCUT2D eigenvalue weighted by Crippen LogP contribution is -2.51. The summed E-state index contributed by atoms with van der Waals surface area (Å²) >= 11 is 0. The molecule has 0 spiro atoms. The molecule has 5 aliphatic rings. The highest BCUT2D eigenvalue weighted by atomic mass is 15.0. The molecule has 0 aromatic heterocycles. The van der Waals surface area contributed by atoms with E-state index in [0.717, 1.165) is 48.5 Å². The Bertz CT molecular complexity index is 4370. The van der Waals surface area contributed by atoms with E-state index in [0.29, 0.717) is 0 Å². The third kappa shape index (κ3) is 21.7. The summed E-state index contributed by atoms with van der Waals surface area (Å²) in [5.41, 5.74) is 27.1. The van der Waals surface area contributed by atoms with Gasteiger partial charge in [-0.25, -0.2) is 0 Å². The van der Waals surface area contributed by atoms with E-state index in [1.165, 1.54) is 362 Å². The van der Waals surface area contributed by atoms with E-state index >= 15 is 0 Å². The summed E-state index contributed by atoms with van der Waals surface area (Å²) in [5.74, 6) is 2.71. The smallest absolute Gasteiger partial charge is 0.294 e. The molecule has 0 N–H and O–H groups in total. The van der Waals surface area contributed by atoms with Crippen LogP contribution in [-0.2, 0) is 54.1 Å². The number of hydrogen-bond acceptors (Lipinski definition) is 2. The molecule has 0 saturated heterocycles. The second-order valence-corrected chi connectivity index (χ2v) is 47.2. The number of unbranched alkanes of at least 4 members (excludes halogenated alkanes) is 30. The van der Waals surface area contributed by atoms with E-state index in [2.05, 4.69) is 268 Å². The fraction of sp³-hybridized carbons (Fsp3) is 0.695. The van der Waals surface area contributed by atoms with Crippen molar-refractivity contribution in [2.45, 2.75) is 525 Å². The summed E-state index contributed by atoms with van der Waals surface area (Å²) in [7, 11) is 0. The van der Waals surface area contributed by atoms with E-state index < -0.39 is 10.8 Å². The maximum Gasteiger partial charge on any atom is 0.294 e. The van der Waals surface area contributed by atoms with Gasteiger partial charge in [0.05, 0.1) is 16.8 Å². The SMILES string of the molecule is CCCCCCCCC(C)(C)c1cc(C(C)(C)CCCCCCCC)c2c(c1)C(C)(C)c1cc3c(c(C(C)(C)CCCCCCCC)c1[N-]2)[N-]c1c(cc2c(c1-c1ccc(C(C)(C)C)cc1)N=C1C(=C[C+]4C(=Nc5c(C(C)(C)CCCCCCCC)cc(C(C)(C)CCCCCCCC)cc5C4(C)C)[C+]1C(C)(C)CCCCCCCC)C2(C)C)C3(C)C. The molecule has 0 bridgehead atoms. The number of rotatable bonds is 49. The molecule has 122 heavy (non-hydrogen) atoms. The Kier molecular flexibility index (Phi) is 33.1. The molecule has 4 nitrogen and oxygen atoms in total. The lowest BCUT2D eigenvalue weighted by Gasteiger charge is -2.56. The van der Waals surface area contributed by atoms with Gasteiger partial charge in [0.25, 0.3) is 11.4 Å². The average molecular weight is 1660 g/mol. The maximum atomic E-state index is 6.60. The molecule has 4 heteroatoms. The van der Waals surface area contributed by atoms with Crippen LogP contribution in [0.1, 0.15) is 537 Å². The van der Waals surface area contributed by atoms with Gasteiger partial charge in [0.15, 0.2) is 17.6 Å². The Morgan fingerprint density at radius 2 is 0.664 bits per heavy atom. The number of allylic oxidation sites excluding steroid dienone is 2. The largest absolute Gasteiger partial charge is 0.657 e. The zero-order valence-corrected chi connectivity index (χ0v) is 84.8. The number of hydrogen-bond donors (Lipinski definition) is 0. The summed E-state index contributed by atoms with van der Waals surface area (Å²) in [4.78, 5) is 13.1. The van der Waals surface area contributed by atoms with Gasteiger partial charge in [0.1, 0.15) is 10.8 Å². The first-order valence-electron chi connectivity index (χ1n) is 51.5. The van der Waals surface area contributed by atoms with Crippen molar-refractivity contribution in [3.05, 3.63) is 162 Å².